The van der Waals surface area contributed by atoms with Crippen molar-refractivity contribution in [1.82, 2.24) is 24.6 Å². The Hall–Kier alpha value is -3.67. The zero-order chi connectivity index (χ0) is 23.6. The topological polar surface area (TPSA) is 97.2 Å². The molecular weight excluding hydrogens is 439 g/mol. The molecule has 174 valence electrons. The summed E-state index contributed by atoms with van der Waals surface area (Å²) in [5, 5.41) is 10.4. The Morgan fingerprint density at radius 2 is 1.97 bits per heavy atom. The van der Waals surface area contributed by atoms with Crippen LogP contribution >= 0.6 is 0 Å². The van der Waals surface area contributed by atoms with Gasteiger partial charge in [-0.25, -0.2) is 4.98 Å². The number of fused-ring (bicyclic) bond motifs is 1. The van der Waals surface area contributed by atoms with Crippen molar-refractivity contribution in [1.29, 1.82) is 0 Å². The Balaban J connectivity index is 1.62. The summed E-state index contributed by atoms with van der Waals surface area (Å²) in [6.07, 6.45) is 1.02. The standard InChI is InChI=1S/C21H22F3N7O2/c1-25-19-15(21(22,23)24)12-26-20(29-19)28-16-5-3-13(18-14(16)11-27-30(18)2)4-6-17(32)31-7-9-33-10-8-31/h3-6,11-12H,7-10H2,1-2H3,(H2,25,26,28,29)/b6-4+. The highest BCUT2D eigenvalue weighted by Crippen LogP contribution is 2.34. The lowest BCUT2D eigenvalue weighted by molar-refractivity contribution is -0.137. The van der Waals surface area contributed by atoms with Crippen molar-refractivity contribution in [2.24, 2.45) is 7.05 Å². The number of halogens is 3. The molecule has 0 bridgehead atoms. The first kappa shape index (κ1) is 22.5. The quantitative estimate of drug-likeness (QED) is 0.564. The summed E-state index contributed by atoms with van der Waals surface area (Å²) in [7, 11) is 3.13. The third-order valence-corrected chi connectivity index (χ3v) is 5.24. The number of carbonyl (C=O) groups excluding carboxylic acids is 1. The Labute approximate surface area is 187 Å². The number of alkyl halides is 3. The summed E-state index contributed by atoms with van der Waals surface area (Å²) in [6, 6.07) is 3.53. The molecule has 1 amide bonds. The Morgan fingerprint density at radius 1 is 1.21 bits per heavy atom. The summed E-state index contributed by atoms with van der Waals surface area (Å²) < 4.78 is 46.2. The summed E-state index contributed by atoms with van der Waals surface area (Å²) in [6.45, 7) is 2.14. The zero-order valence-corrected chi connectivity index (χ0v) is 18.0. The van der Waals surface area contributed by atoms with Crippen LogP contribution in [0.3, 0.4) is 0 Å². The lowest BCUT2D eigenvalue weighted by atomic mass is 10.1. The van der Waals surface area contributed by atoms with Crippen LogP contribution in [0.15, 0.2) is 30.6 Å². The fourth-order valence-corrected chi connectivity index (χ4v) is 3.57. The predicted molar refractivity (Wildman–Crippen MR) is 117 cm³/mol. The molecule has 0 unspecified atom stereocenters. The number of carbonyl (C=O) groups is 1. The maximum absolute atomic E-state index is 13.1. The van der Waals surface area contributed by atoms with E-state index in [2.05, 4.69) is 25.7 Å². The van der Waals surface area contributed by atoms with Crippen LogP contribution in [-0.2, 0) is 22.8 Å². The molecule has 0 atom stereocenters. The fourth-order valence-electron chi connectivity index (χ4n) is 3.57. The van der Waals surface area contributed by atoms with Crippen molar-refractivity contribution < 1.29 is 22.7 Å². The molecule has 2 N–H and O–H groups in total. The smallest absolute Gasteiger partial charge is 0.378 e. The molecular formula is C21H22F3N7O2. The molecule has 0 saturated carbocycles. The number of benzene rings is 1. The van der Waals surface area contributed by atoms with Crippen LogP contribution in [-0.4, -0.2) is 63.9 Å². The number of morpholine rings is 1. The molecule has 0 aliphatic carbocycles. The van der Waals surface area contributed by atoms with Crippen LogP contribution in [0.4, 0.5) is 30.6 Å². The second-order valence-electron chi connectivity index (χ2n) is 7.33. The number of hydrogen-bond acceptors (Lipinski definition) is 7. The van der Waals surface area contributed by atoms with E-state index >= 15 is 0 Å². The van der Waals surface area contributed by atoms with Gasteiger partial charge in [0, 0.05) is 50.4 Å². The number of aromatic nitrogens is 4. The monoisotopic (exact) mass is 461 g/mol. The summed E-state index contributed by atoms with van der Waals surface area (Å²) in [5.74, 6) is -0.430. The number of rotatable bonds is 5. The van der Waals surface area contributed by atoms with Crippen LogP contribution in [0, 0.1) is 0 Å². The van der Waals surface area contributed by atoms with Gasteiger partial charge >= 0.3 is 6.18 Å². The molecule has 4 rings (SSSR count). The van der Waals surface area contributed by atoms with Gasteiger partial charge in [-0.15, -0.1) is 0 Å². The minimum atomic E-state index is -4.57. The zero-order valence-electron chi connectivity index (χ0n) is 18.0. The third-order valence-electron chi connectivity index (χ3n) is 5.24. The molecule has 0 radical (unpaired) electrons. The molecule has 1 aliphatic rings. The molecule has 3 aromatic rings. The SMILES string of the molecule is CNc1nc(Nc2ccc(/C=C/C(=O)N3CCOCC3)c3c2cnn3C)ncc1C(F)(F)F. The van der Waals surface area contributed by atoms with Crippen molar-refractivity contribution in [3.05, 3.63) is 41.7 Å². The highest BCUT2D eigenvalue weighted by Gasteiger charge is 2.35. The summed E-state index contributed by atoms with van der Waals surface area (Å²) in [5.41, 5.74) is 1.12. The van der Waals surface area contributed by atoms with Crippen molar-refractivity contribution in [3.63, 3.8) is 0 Å². The molecule has 33 heavy (non-hydrogen) atoms. The van der Waals surface area contributed by atoms with Gasteiger partial charge in [0.2, 0.25) is 11.9 Å². The Bertz CT molecular complexity index is 1200. The first-order valence-corrected chi connectivity index (χ1v) is 10.2. The van der Waals surface area contributed by atoms with Crippen molar-refractivity contribution in [2.45, 2.75) is 6.18 Å². The van der Waals surface area contributed by atoms with Crippen molar-refractivity contribution >= 4 is 40.3 Å². The molecule has 0 spiro atoms. The lowest BCUT2D eigenvalue weighted by Crippen LogP contribution is -2.39. The summed E-state index contributed by atoms with van der Waals surface area (Å²) in [4.78, 5) is 21.9. The summed E-state index contributed by atoms with van der Waals surface area (Å²) >= 11 is 0. The van der Waals surface area contributed by atoms with E-state index in [4.69, 9.17) is 4.74 Å². The number of nitrogens with one attached hydrogen (secondary N) is 2. The van der Waals surface area contributed by atoms with E-state index < -0.39 is 11.7 Å². The number of nitrogens with zero attached hydrogens (tertiary/aromatic N) is 5. The Kier molecular flexibility index (Phi) is 6.18. The minimum Gasteiger partial charge on any atom is -0.378 e. The van der Waals surface area contributed by atoms with Crippen molar-refractivity contribution in [3.8, 4) is 0 Å². The number of amides is 1. The van der Waals surface area contributed by atoms with Gasteiger partial charge in [0.15, 0.2) is 0 Å². The maximum atomic E-state index is 13.1. The van der Waals surface area contributed by atoms with E-state index in [0.29, 0.717) is 37.4 Å². The molecule has 1 aromatic carbocycles. The number of hydrogen-bond donors (Lipinski definition) is 2. The van der Waals surface area contributed by atoms with Crippen LogP contribution in [0.2, 0.25) is 0 Å². The molecule has 12 heteroatoms. The molecule has 1 fully saturated rings. The van der Waals surface area contributed by atoms with Crippen LogP contribution < -0.4 is 10.6 Å². The third kappa shape index (κ3) is 4.75. The van der Waals surface area contributed by atoms with Gasteiger partial charge in [-0.3, -0.25) is 9.48 Å². The van der Waals surface area contributed by atoms with Crippen molar-refractivity contribution in [2.75, 3.05) is 44.0 Å². The molecule has 2 aromatic heterocycles. The highest BCUT2D eigenvalue weighted by atomic mass is 19.4. The van der Waals surface area contributed by atoms with E-state index in [-0.39, 0.29) is 17.7 Å². The van der Waals surface area contributed by atoms with E-state index in [1.165, 1.54) is 13.1 Å². The second-order valence-corrected chi connectivity index (χ2v) is 7.33. The van der Waals surface area contributed by atoms with E-state index in [1.54, 1.807) is 41.0 Å². The molecule has 9 nitrogen and oxygen atoms in total. The van der Waals surface area contributed by atoms with Gasteiger partial charge in [0.25, 0.3) is 0 Å². The van der Waals surface area contributed by atoms with Gasteiger partial charge in [-0.2, -0.15) is 23.3 Å². The minimum absolute atomic E-state index is 0.00305. The molecule has 1 saturated heterocycles. The van der Waals surface area contributed by atoms with Gasteiger partial charge in [0.05, 0.1) is 30.6 Å². The van der Waals surface area contributed by atoms with E-state index in [1.807, 2.05) is 0 Å². The van der Waals surface area contributed by atoms with Gasteiger partial charge < -0.3 is 20.3 Å². The van der Waals surface area contributed by atoms with E-state index in [9.17, 15) is 18.0 Å². The van der Waals surface area contributed by atoms with Gasteiger partial charge in [-0.05, 0) is 12.1 Å². The van der Waals surface area contributed by atoms with Crippen LogP contribution in [0.25, 0.3) is 17.0 Å². The first-order valence-electron chi connectivity index (χ1n) is 10.2. The predicted octanol–water partition coefficient (Wildman–Crippen LogP) is 3.04. The number of ether oxygens (including phenoxy) is 1. The lowest BCUT2D eigenvalue weighted by Gasteiger charge is -2.25. The Morgan fingerprint density at radius 3 is 2.67 bits per heavy atom. The van der Waals surface area contributed by atoms with Gasteiger partial charge in [0.1, 0.15) is 11.4 Å². The highest BCUT2D eigenvalue weighted by molar-refractivity contribution is 6.00. The fraction of sp³-hybridized carbons (Fsp3) is 0.333. The first-order chi connectivity index (χ1) is 15.8. The average Bonchev–Trinajstić information content (AvgIpc) is 3.20. The van der Waals surface area contributed by atoms with E-state index in [0.717, 1.165) is 17.3 Å². The van der Waals surface area contributed by atoms with Crippen LogP contribution in [0.5, 0.6) is 0 Å². The van der Waals surface area contributed by atoms with Crippen LogP contribution in [0.1, 0.15) is 11.1 Å². The number of anilines is 3. The second kappa shape index (κ2) is 9.06. The molecule has 3 heterocycles. The number of aryl methyl sites for hydroxylation is 1. The van der Waals surface area contributed by atoms with Gasteiger partial charge in [-0.1, -0.05) is 6.07 Å². The average molecular weight is 461 g/mol. The molecule has 1 aliphatic heterocycles. The normalized spacial score (nSPS) is 14.8. The maximum Gasteiger partial charge on any atom is 0.421 e. The largest absolute Gasteiger partial charge is 0.421 e.